The molecular weight excluding hydrogens is 274 g/mol. The van der Waals surface area contributed by atoms with Crippen LogP contribution >= 0.6 is 0 Å². The smallest absolute Gasteiger partial charge is 0.321 e. The summed E-state index contributed by atoms with van der Waals surface area (Å²) in [7, 11) is 0. The summed E-state index contributed by atoms with van der Waals surface area (Å²) in [5.74, 6) is -0.631. The largest absolute Gasteiger partial charge is 0.480 e. The first-order chi connectivity index (χ1) is 10.1. The number of hydrogen-bond donors (Lipinski definition) is 2. The fourth-order valence-corrected chi connectivity index (χ4v) is 7.69. The lowest BCUT2D eigenvalue weighted by Crippen LogP contribution is -2.65. The highest BCUT2D eigenvalue weighted by Gasteiger charge is 2.66. The van der Waals surface area contributed by atoms with Gasteiger partial charge < -0.3 is 10.4 Å². The van der Waals surface area contributed by atoms with Gasteiger partial charge in [0.05, 0.1) is 0 Å². The lowest BCUT2D eigenvalue weighted by atomic mass is 9.35. The van der Waals surface area contributed by atoms with Gasteiger partial charge in [0.2, 0.25) is 0 Å². The first kappa shape index (κ1) is 16.3. The van der Waals surface area contributed by atoms with Crippen molar-refractivity contribution >= 4 is 5.97 Å². The number of carboxylic acids is 1. The standard InChI is InChI=1S/C19H33NO2/c1-5-6-7-20-14(15(21)22)19-11-16(2)8-17(3,12-19)10-18(4,9-16)13-19/h14,20H,5-13H2,1-4H3,(H,21,22)/t14-,16?,17?,18?,19?/m0/s1. The lowest BCUT2D eigenvalue weighted by molar-refractivity contribution is -0.199. The second-order valence-electron chi connectivity index (χ2n) is 9.93. The topological polar surface area (TPSA) is 49.3 Å². The molecule has 3 heteroatoms. The number of aliphatic carboxylic acids is 1. The number of hydrogen-bond acceptors (Lipinski definition) is 2. The van der Waals surface area contributed by atoms with Crippen LogP contribution in [-0.4, -0.2) is 23.7 Å². The molecule has 4 aliphatic carbocycles. The Bertz CT molecular complexity index is 419. The quantitative estimate of drug-likeness (QED) is 0.722. The first-order valence-electron chi connectivity index (χ1n) is 9.10. The Labute approximate surface area is 135 Å². The van der Waals surface area contributed by atoms with Crippen molar-refractivity contribution in [1.82, 2.24) is 5.32 Å². The highest BCUT2D eigenvalue weighted by molar-refractivity contribution is 5.75. The fraction of sp³-hybridized carbons (Fsp3) is 0.947. The van der Waals surface area contributed by atoms with Crippen LogP contribution in [0.25, 0.3) is 0 Å². The Balaban J connectivity index is 1.91. The molecule has 0 heterocycles. The van der Waals surface area contributed by atoms with Crippen molar-refractivity contribution in [2.45, 2.75) is 85.1 Å². The Morgan fingerprint density at radius 1 is 1.00 bits per heavy atom. The van der Waals surface area contributed by atoms with E-state index in [-0.39, 0.29) is 11.5 Å². The van der Waals surface area contributed by atoms with Crippen molar-refractivity contribution in [1.29, 1.82) is 0 Å². The lowest BCUT2D eigenvalue weighted by Gasteiger charge is -2.70. The summed E-state index contributed by atoms with van der Waals surface area (Å²) in [6.45, 7) is 10.2. The summed E-state index contributed by atoms with van der Waals surface area (Å²) in [4.78, 5) is 12.1. The van der Waals surface area contributed by atoms with Crippen LogP contribution in [0.1, 0.15) is 79.1 Å². The maximum atomic E-state index is 12.1. The Kier molecular flexibility index (Phi) is 3.67. The van der Waals surface area contributed by atoms with Gasteiger partial charge in [-0.2, -0.15) is 0 Å². The molecule has 22 heavy (non-hydrogen) atoms. The molecule has 0 radical (unpaired) electrons. The summed E-state index contributed by atoms with van der Waals surface area (Å²) in [5, 5.41) is 13.4. The van der Waals surface area contributed by atoms with E-state index in [0.29, 0.717) is 16.2 Å². The van der Waals surface area contributed by atoms with Crippen LogP contribution < -0.4 is 5.32 Å². The molecule has 0 aliphatic heterocycles. The van der Waals surface area contributed by atoms with Crippen molar-refractivity contribution in [2.24, 2.45) is 21.7 Å². The minimum absolute atomic E-state index is 0.0351. The highest BCUT2D eigenvalue weighted by atomic mass is 16.4. The fourth-order valence-electron chi connectivity index (χ4n) is 7.69. The molecule has 4 bridgehead atoms. The van der Waals surface area contributed by atoms with Gasteiger partial charge >= 0.3 is 5.97 Å². The summed E-state index contributed by atoms with van der Waals surface area (Å²) in [5.41, 5.74) is 1.00. The Morgan fingerprint density at radius 2 is 1.45 bits per heavy atom. The third kappa shape index (κ3) is 2.60. The SMILES string of the molecule is CCCCN[C@@H](C(=O)O)C12CC3(C)CC(C)(CC(C)(C3)C1)C2. The van der Waals surface area contributed by atoms with Gasteiger partial charge in [-0.1, -0.05) is 34.1 Å². The van der Waals surface area contributed by atoms with Crippen LogP contribution in [0.3, 0.4) is 0 Å². The summed E-state index contributed by atoms with van der Waals surface area (Å²) in [6, 6.07) is -0.363. The van der Waals surface area contributed by atoms with Gasteiger partial charge in [0.25, 0.3) is 0 Å². The molecule has 0 amide bonds. The zero-order valence-electron chi connectivity index (χ0n) is 14.8. The molecule has 2 N–H and O–H groups in total. The van der Waals surface area contributed by atoms with Gasteiger partial charge in [-0.15, -0.1) is 0 Å². The van der Waals surface area contributed by atoms with Crippen LogP contribution in [0.15, 0.2) is 0 Å². The van der Waals surface area contributed by atoms with E-state index in [0.717, 1.165) is 38.6 Å². The third-order valence-electron chi connectivity index (χ3n) is 6.64. The van der Waals surface area contributed by atoms with Crippen LogP contribution in [0.5, 0.6) is 0 Å². The van der Waals surface area contributed by atoms with Gasteiger partial charge in [0.1, 0.15) is 6.04 Å². The second kappa shape index (κ2) is 4.96. The third-order valence-corrected chi connectivity index (χ3v) is 6.64. The predicted octanol–water partition coefficient (Wildman–Crippen LogP) is 4.22. The Hall–Kier alpha value is -0.570. The maximum Gasteiger partial charge on any atom is 0.321 e. The number of rotatable bonds is 6. The van der Waals surface area contributed by atoms with Gasteiger partial charge in [0.15, 0.2) is 0 Å². The van der Waals surface area contributed by atoms with E-state index in [9.17, 15) is 9.90 Å². The summed E-state index contributed by atoms with van der Waals surface area (Å²) in [6.07, 6.45) is 9.34. The maximum absolute atomic E-state index is 12.1. The normalized spacial score (nSPS) is 47.6. The van der Waals surface area contributed by atoms with E-state index in [2.05, 4.69) is 33.0 Å². The first-order valence-corrected chi connectivity index (χ1v) is 9.10. The highest BCUT2D eigenvalue weighted by Crippen LogP contribution is 2.74. The van der Waals surface area contributed by atoms with Gasteiger partial charge in [0, 0.05) is 0 Å². The molecule has 0 aromatic carbocycles. The average molecular weight is 307 g/mol. The van der Waals surface area contributed by atoms with E-state index < -0.39 is 5.97 Å². The monoisotopic (exact) mass is 307 g/mol. The molecule has 0 aromatic rings. The Morgan fingerprint density at radius 3 is 1.82 bits per heavy atom. The predicted molar refractivity (Wildman–Crippen MR) is 88.8 cm³/mol. The van der Waals surface area contributed by atoms with Gasteiger partial charge in [-0.05, 0) is 73.2 Å². The van der Waals surface area contributed by atoms with E-state index in [1.165, 1.54) is 19.3 Å². The van der Waals surface area contributed by atoms with Crippen molar-refractivity contribution in [3.05, 3.63) is 0 Å². The zero-order chi connectivity index (χ0) is 16.2. The van der Waals surface area contributed by atoms with Crippen molar-refractivity contribution in [2.75, 3.05) is 6.54 Å². The average Bonchev–Trinajstić information content (AvgIpc) is 2.27. The van der Waals surface area contributed by atoms with Crippen molar-refractivity contribution in [3.63, 3.8) is 0 Å². The minimum Gasteiger partial charge on any atom is -0.480 e. The summed E-state index contributed by atoms with van der Waals surface area (Å²) >= 11 is 0. The van der Waals surface area contributed by atoms with Gasteiger partial charge in [-0.25, -0.2) is 0 Å². The molecule has 0 saturated heterocycles. The molecule has 4 aliphatic rings. The minimum atomic E-state index is -0.631. The molecule has 4 saturated carbocycles. The zero-order valence-corrected chi connectivity index (χ0v) is 14.8. The van der Waals surface area contributed by atoms with E-state index in [1.807, 2.05) is 0 Å². The van der Waals surface area contributed by atoms with Crippen molar-refractivity contribution in [3.8, 4) is 0 Å². The number of unbranched alkanes of at least 4 members (excludes halogenated alkanes) is 1. The molecule has 0 unspecified atom stereocenters. The number of nitrogens with one attached hydrogen (secondary N) is 1. The van der Waals surface area contributed by atoms with Crippen LogP contribution in [0, 0.1) is 21.7 Å². The summed E-state index contributed by atoms with van der Waals surface area (Å²) < 4.78 is 0. The molecule has 1 atom stereocenters. The number of carbonyl (C=O) groups is 1. The second-order valence-corrected chi connectivity index (χ2v) is 9.93. The molecular formula is C19H33NO2. The van der Waals surface area contributed by atoms with Crippen LogP contribution in [0.2, 0.25) is 0 Å². The van der Waals surface area contributed by atoms with Crippen LogP contribution in [-0.2, 0) is 4.79 Å². The molecule has 126 valence electrons. The molecule has 4 rings (SSSR count). The molecule has 0 aromatic heterocycles. The van der Waals surface area contributed by atoms with Crippen molar-refractivity contribution < 1.29 is 9.90 Å². The van der Waals surface area contributed by atoms with Gasteiger partial charge in [-0.3, -0.25) is 4.79 Å². The van der Waals surface area contributed by atoms with E-state index in [1.54, 1.807) is 0 Å². The molecule has 0 spiro atoms. The molecule has 3 nitrogen and oxygen atoms in total. The number of carboxylic acid groups (broad SMARTS) is 1. The van der Waals surface area contributed by atoms with E-state index in [4.69, 9.17) is 0 Å². The van der Waals surface area contributed by atoms with E-state index >= 15 is 0 Å². The van der Waals surface area contributed by atoms with Crippen LogP contribution in [0.4, 0.5) is 0 Å². The molecule has 4 fully saturated rings.